The lowest BCUT2D eigenvalue weighted by atomic mass is 10.2. The summed E-state index contributed by atoms with van der Waals surface area (Å²) in [7, 11) is -3.25. The predicted octanol–water partition coefficient (Wildman–Crippen LogP) is 0.879. The molecule has 0 fully saturated rings. The average Bonchev–Trinajstić information content (AvgIpc) is 2.24. The fourth-order valence-corrected chi connectivity index (χ4v) is 2.45. The molecule has 1 aromatic carbocycles. The molecule has 102 valence electrons. The van der Waals surface area contributed by atoms with Crippen molar-refractivity contribution in [3.05, 3.63) is 18.2 Å². The third-order valence-electron chi connectivity index (χ3n) is 2.70. The van der Waals surface area contributed by atoms with Crippen molar-refractivity contribution in [2.45, 2.75) is 24.8 Å². The monoisotopic (exact) mass is 272 g/mol. The SMILES string of the molecule is CC(C)N(CCO)c1ccc(S(C)(=O)=O)cc1N. The molecule has 1 rings (SSSR count). The summed E-state index contributed by atoms with van der Waals surface area (Å²) in [5.41, 5.74) is 7.04. The van der Waals surface area contributed by atoms with Gasteiger partial charge in [-0.1, -0.05) is 0 Å². The Kier molecular flexibility index (Phi) is 4.59. The maximum atomic E-state index is 11.4. The van der Waals surface area contributed by atoms with Gasteiger partial charge in [0.15, 0.2) is 9.84 Å². The van der Waals surface area contributed by atoms with Gasteiger partial charge in [-0.3, -0.25) is 0 Å². The van der Waals surface area contributed by atoms with Crippen LogP contribution in [-0.4, -0.2) is 39.0 Å². The minimum Gasteiger partial charge on any atom is -0.397 e. The maximum absolute atomic E-state index is 11.4. The van der Waals surface area contributed by atoms with Crippen molar-refractivity contribution in [3.8, 4) is 0 Å². The lowest BCUT2D eigenvalue weighted by Gasteiger charge is -2.29. The minimum absolute atomic E-state index is 0.0193. The fraction of sp³-hybridized carbons (Fsp3) is 0.500. The van der Waals surface area contributed by atoms with Crippen molar-refractivity contribution in [3.63, 3.8) is 0 Å². The van der Waals surface area contributed by atoms with Crippen molar-refractivity contribution in [1.29, 1.82) is 0 Å². The third-order valence-corrected chi connectivity index (χ3v) is 3.81. The highest BCUT2D eigenvalue weighted by Crippen LogP contribution is 2.27. The molecule has 5 nitrogen and oxygen atoms in total. The molecular weight excluding hydrogens is 252 g/mol. The Labute approximate surface area is 108 Å². The van der Waals surface area contributed by atoms with Crippen LogP contribution < -0.4 is 10.6 Å². The van der Waals surface area contributed by atoms with E-state index in [-0.39, 0.29) is 17.5 Å². The second kappa shape index (κ2) is 5.58. The predicted molar refractivity (Wildman–Crippen MR) is 73.5 cm³/mol. The Hall–Kier alpha value is -1.27. The number of benzene rings is 1. The van der Waals surface area contributed by atoms with Crippen LogP contribution >= 0.6 is 0 Å². The molecule has 0 unspecified atom stereocenters. The average molecular weight is 272 g/mol. The van der Waals surface area contributed by atoms with Gasteiger partial charge < -0.3 is 15.7 Å². The summed E-state index contributed by atoms with van der Waals surface area (Å²) >= 11 is 0. The zero-order chi connectivity index (χ0) is 13.9. The van der Waals surface area contributed by atoms with E-state index in [9.17, 15) is 8.42 Å². The molecule has 0 bridgehead atoms. The third kappa shape index (κ3) is 3.36. The Morgan fingerprint density at radius 2 is 2.00 bits per heavy atom. The van der Waals surface area contributed by atoms with E-state index < -0.39 is 9.84 Å². The number of aliphatic hydroxyl groups excluding tert-OH is 1. The highest BCUT2D eigenvalue weighted by atomic mass is 32.2. The number of aliphatic hydroxyl groups is 1. The number of sulfone groups is 1. The van der Waals surface area contributed by atoms with Crippen LogP contribution in [0.4, 0.5) is 11.4 Å². The van der Waals surface area contributed by atoms with E-state index >= 15 is 0 Å². The summed E-state index contributed by atoms with van der Waals surface area (Å²) in [6, 6.07) is 4.84. The van der Waals surface area contributed by atoms with E-state index in [0.717, 1.165) is 11.9 Å². The second-order valence-corrected chi connectivity index (χ2v) is 6.52. The minimum atomic E-state index is -3.25. The molecule has 0 aliphatic carbocycles. The highest BCUT2D eigenvalue weighted by Gasteiger charge is 2.15. The van der Waals surface area contributed by atoms with Gasteiger partial charge in [-0.05, 0) is 32.0 Å². The second-order valence-electron chi connectivity index (χ2n) is 4.50. The van der Waals surface area contributed by atoms with Gasteiger partial charge in [-0.15, -0.1) is 0 Å². The molecule has 0 aromatic heterocycles. The van der Waals surface area contributed by atoms with Crippen LogP contribution in [0.25, 0.3) is 0 Å². The van der Waals surface area contributed by atoms with Crippen molar-refractivity contribution >= 4 is 21.2 Å². The summed E-state index contributed by atoms with van der Waals surface area (Å²) in [4.78, 5) is 2.14. The first-order chi connectivity index (χ1) is 8.27. The van der Waals surface area contributed by atoms with Gasteiger partial charge in [0.1, 0.15) is 0 Å². The number of nitrogens with zero attached hydrogens (tertiary/aromatic N) is 1. The Morgan fingerprint density at radius 3 is 2.39 bits per heavy atom. The van der Waals surface area contributed by atoms with Crippen LogP contribution in [-0.2, 0) is 9.84 Å². The highest BCUT2D eigenvalue weighted by molar-refractivity contribution is 7.90. The first-order valence-electron chi connectivity index (χ1n) is 5.74. The molecular formula is C12H20N2O3S. The van der Waals surface area contributed by atoms with E-state index in [0.29, 0.717) is 12.2 Å². The van der Waals surface area contributed by atoms with E-state index in [2.05, 4.69) is 0 Å². The van der Waals surface area contributed by atoms with Gasteiger partial charge in [0.25, 0.3) is 0 Å². The lowest BCUT2D eigenvalue weighted by molar-refractivity contribution is 0.299. The van der Waals surface area contributed by atoms with Crippen LogP contribution in [0.1, 0.15) is 13.8 Å². The number of nitrogens with two attached hydrogens (primary N) is 1. The van der Waals surface area contributed by atoms with Gasteiger partial charge in [0, 0.05) is 18.8 Å². The quantitative estimate of drug-likeness (QED) is 0.777. The van der Waals surface area contributed by atoms with Gasteiger partial charge in [0.2, 0.25) is 0 Å². The molecule has 3 N–H and O–H groups in total. The zero-order valence-electron chi connectivity index (χ0n) is 10.9. The maximum Gasteiger partial charge on any atom is 0.175 e. The summed E-state index contributed by atoms with van der Waals surface area (Å²) in [6.07, 6.45) is 1.15. The molecule has 0 saturated carbocycles. The van der Waals surface area contributed by atoms with Crippen molar-refractivity contribution in [1.82, 2.24) is 0 Å². The molecule has 0 amide bonds. The summed E-state index contributed by atoms with van der Waals surface area (Å²) in [6.45, 7) is 4.45. The molecule has 0 atom stereocenters. The molecule has 0 radical (unpaired) electrons. The molecule has 0 heterocycles. The van der Waals surface area contributed by atoms with Crippen LogP contribution in [0.2, 0.25) is 0 Å². The van der Waals surface area contributed by atoms with Gasteiger partial charge in [-0.25, -0.2) is 8.42 Å². The van der Waals surface area contributed by atoms with Crippen molar-refractivity contribution in [2.75, 3.05) is 30.0 Å². The summed E-state index contributed by atoms with van der Waals surface area (Å²) < 4.78 is 22.8. The lowest BCUT2D eigenvalue weighted by Crippen LogP contribution is -2.34. The van der Waals surface area contributed by atoms with Crippen LogP contribution in [0.3, 0.4) is 0 Å². The van der Waals surface area contributed by atoms with Gasteiger partial charge in [-0.2, -0.15) is 0 Å². The smallest absolute Gasteiger partial charge is 0.175 e. The Balaban J connectivity index is 3.19. The topological polar surface area (TPSA) is 83.6 Å². The number of nitrogen functional groups attached to an aromatic ring is 1. The number of rotatable bonds is 5. The Bertz CT molecular complexity index is 512. The van der Waals surface area contributed by atoms with Crippen LogP contribution in [0, 0.1) is 0 Å². The largest absolute Gasteiger partial charge is 0.397 e. The van der Waals surface area contributed by atoms with Gasteiger partial charge >= 0.3 is 0 Å². The standard InChI is InChI=1S/C12H20N2O3S/c1-9(2)14(6-7-15)12-5-4-10(8-11(12)13)18(3,16)17/h4-5,8-9,15H,6-7,13H2,1-3H3. The first kappa shape index (κ1) is 14.8. The molecule has 0 spiro atoms. The molecule has 0 saturated heterocycles. The molecule has 1 aromatic rings. The zero-order valence-corrected chi connectivity index (χ0v) is 11.7. The van der Waals surface area contributed by atoms with E-state index in [4.69, 9.17) is 10.8 Å². The fourth-order valence-electron chi connectivity index (χ4n) is 1.79. The van der Waals surface area contributed by atoms with Gasteiger partial charge in [0.05, 0.1) is 22.9 Å². The normalized spacial score (nSPS) is 11.8. The van der Waals surface area contributed by atoms with E-state index in [1.165, 1.54) is 12.1 Å². The summed E-state index contributed by atoms with van der Waals surface area (Å²) in [5, 5.41) is 9.04. The number of hydrogen-bond acceptors (Lipinski definition) is 5. The van der Waals surface area contributed by atoms with Crippen LogP contribution in [0.15, 0.2) is 23.1 Å². The molecule has 18 heavy (non-hydrogen) atoms. The van der Waals surface area contributed by atoms with E-state index in [1.54, 1.807) is 6.07 Å². The van der Waals surface area contributed by atoms with E-state index in [1.807, 2.05) is 18.7 Å². The molecule has 0 aliphatic heterocycles. The van der Waals surface area contributed by atoms with Crippen molar-refractivity contribution < 1.29 is 13.5 Å². The number of anilines is 2. The first-order valence-corrected chi connectivity index (χ1v) is 7.63. The summed E-state index contributed by atoms with van der Waals surface area (Å²) in [5.74, 6) is 0. The Morgan fingerprint density at radius 1 is 1.39 bits per heavy atom. The number of hydrogen-bond donors (Lipinski definition) is 2. The van der Waals surface area contributed by atoms with Crippen LogP contribution in [0.5, 0.6) is 0 Å². The molecule has 6 heteroatoms. The van der Waals surface area contributed by atoms with Crippen molar-refractivity contribution in [2.24, 2.45) is 0 Å². The molecule has 0 aliphatic rings.